The molecule has 1 aliphatic heterocycles. The van der Waals surface area contributed by atoms with Crippen LogP contribution < -0.4 is 0 Å². The SMILES string of the molecule is OC1COC(COC=S)C1O. The molecule has 0 radical (unpaired) electrons. The molecule has 11 heavy (non-hydrogen) atoms. The number of hydrogen-bond acceptors (Lipinski definition) is 5. The minimum Gasteiger partial charge on any atom is -0.487 e. The highest BCUT2D eigenvalue weighted by atomic mass is 32.1. The van der Waals surface area contributed by atoms with Gasteiger partial charge in [0.25, 0.3) is 0 Å². The lowest BCUT2D eigenvalue weighted by Gasteiger charge is -2.12. The minimum absolute atomic E-state index is 0.159. The molecule has 1 aliphatic rings. The molecule has 4 nitrogen and oxygen atoms in total. The molecule has 1 fully saturated rings. The molecule has 64 valence electrons. The van der Waals surface area contributed by atoms with Crippen LogP contribution in [-0.2, 0) is 9.47 Å². The van der Waals surface area contributed by atoms with Gasteiger partial charge in [-0.25, -0.2) is 0 Å². The van der Waals surface area contributed by atoms with Gasteiger partial charge in [-0.2, -0.15) is 0 Å². The standard InChI is InChI=1S/C6H10O4S/c7-4-1-10-5(6(4)8)2-9-3-11/h3-8H,1-2H2. The average molecular weight is 178 g/mol. The molecule has 1 saturated heterocycles. The Labute approximate surface area is 69.7 Å². The van der Waals surface area contributed by atoms with Gasteiger partial charge in [0.15, 0.2) is 0 Å². The van der Waals surface area contributed by atoms with Crippen LogP contribution in [0.25, 0.3) is 0 Å². The van der Waals surface area contributed by atoms with Gasteiger partial charge in [-0.05, 0) is 12.2 Å². The molecular formula is C6H10O4S. The van der Waals surface area contributed by atoms with Gasteiger partial charge in [-0.15, -0.1) is 0 Å². The summed E-state index contributed by atoms with van der Waals surface area (Å²) in [5.74, 6) is 0. The van der Waals surface area contributed by atoms with E-state index in [9.17, 15) is 5.11 Å². The van der Waals surface area contributed by atoms with Crippen molar-refractivity contribution < 1.29 is 19.7 Å². The zero-order valence-electron chi connectivity index (χ0n) is 5.84. The summed E-state index contributed by atoms with van der Waals surface area (Å²) < 4.78 is 9.72. The van der Waals surface area contributed by atoms with Crippen LogP contribution in [0, 0.1) is 0 Å². The van der Waals surface area contributed by atoms with E-state index in [4.69, 9.17) is 14.6 Å². The monoisotopic (exact) mass is 178 g/mol. The Morgan fingerprint density at radius 3 is 2.82 bits per heavy atom. The summed E-state index contributed by atoms with van der Waals surface area (Å²) in [6, 6.07) is 0. The molecule has 0 bridgehead atoms. The molecule has 2 N–H and O–H groups in total. The molecule has 0 spiro atoms. The van der Waals surface area contributed by atoms with Crippen LogP contribution in [0.3, 0.4) is 0 Å². The molecule has 1 heterocycles. The highest BCUT2D eigenvalue weighted by Gasteiger charge is 2.34. The van der Waals surface area contributed by atoms with Crippen LogP contribution >= 0.6 is 12.2 Å². The predicted octanol–water partition coefficient (Wildman–Crippen LogP) is -0.919. The fourth-order valence-corrected chi connectivity index (χ4v) is 1.03. The molecule has 5 heteroatoms. The van der Waals surface area contributed by atoms with Crippen molar-refractivity contribution in [2.45, 2.75) is 18.3 Å². The number of aliphatic hydroxyl groups excluding tert-OH is 2. The largest absolute Gasteiger partial charge is 0.487 e. The average Bonchev–Trinajstić information content (AvgIpc) is 2.31. The third-order valence-corrected chi connectivity index (χ3v) is 1.72. The number of aliphatic hydroxyl groups is 2. The zero-order chi connectivity index (χ0) is 8.27. The summed E-state index contributed by atoms with van der Waals surface area (Å²) in [7, 11) is 0. The van der Waals surface area contributed by atoms with Crippen molar-refractivity contribution in [2.24, 2.45) is 0 Å². The molecule has 3 unspecified atom stereocenters. The lowest BCUT2D eigenvalue weighted by Crippen LogP contribution is -2.32. The van der Waals surface area contributed by atoms with Crippen molar-refractivity contribution in [2.75, 3.05) is 13.2 Å². The summed E-state index contributed by atoms with van der Waals surface area (Å²) in [6.07, 6.45) is -2.11. The van der Waals surface area contributed by atoms with Crippen LogP contribution in [0.2, 0.25) is 0 Å². The van der Waals surface area contributed by atoms with E-state index >= 15 is 0 Å². The molecule has 0 aromatic carbocycles. The fourth-order valence-electron chi connectivity index (χ4n) is 0.948. The van der Waals surface area contributed by atoms with Gasteiger partial charge in [-0.1, -0.05) is 0 Å². The van der Waals surface area contributed by atoms with E-state index in [-0.39, 0.29) is 13.2 Å². The highest BCUT2D eigenvalue weighted by molar-refractivity contribution is 7.78. The van der Waals surface area contributed by atoms with Crippen LogP contribution in [-0.4, -0.2) is 47.3 Å². The molecule has 0 saturated carbocycles. The Hall–Kier alpha value is -0.230. The first kappa shape index (κ1) is 8.86. The zero-order valence-corrected chi connectivity index (χ0v) is 6.66. The summed E-state index contributed by atoms with van der Waals surface area (Å²) in [4.78, 5) is 0. The second-order valence-corrected chi connectivity index (χ2v) is 2.55. The highest BCUT2D eigenvalue weighted by Crippen LogP contribution is 2.13. The second kappa shape index (κ2) is 3.96. The van der Waals surface area contributed by atoms with Crippen molar-refractivity contribution in [3.63, 3.8) is 0 Å². The van der Waals surface area contributed by atoms with Crippen molar-refractivity contribution >= 4 is 17.8 Å². The Morgan fingerprint density at radius 1 is 1.64 bits per heavy atom. The van der Waals surface area contributed by atoms with Gasteiger partial charge < -0.3 is 19.7 Å². The maximum atomic E-state index is 9.18. The van der Waals surface area contributed by atoms with E-state index in [2.05, 4.69) is 12.2 Å². The third-order valence-electron chi connectivity index (χ3n) is 1.58. The Kier molecular flexibility index (Phi) is 3.19. The maximum Gasteiger partial charge on any atom is 0.146 e. The molecule has 0 aromatic rings. The Morgan fingerprint density at radius 2 is 2.36 bits per heavy atom. The molecule has 0 aromatic heterocycles. The molecule has 1 rings (SSSR count). The summed E-state index contributed by atoms with van der Waals surface area (Å²) in [5.41, 5.74) is 1.11. The van der Waals surface area contributed by atoms with Gasteiger partial charge in [0.05, 0.1) is 6.61 Å². The van der Waals surface area contributed by atoms with E-state index in [1.54, 1.807) is 0 Å². The Bertz CT molecular complexity index is 141. The van der Waals surface area contributed by atoms with Gasteiger partial charge in [0, 0.05) is 0 Å². The molecular weight excluding hydrogens is 168 g/mol. The first-order valence-electron chi connectivity index (χ1n) is 3.28. The van der Waals surface area contributed by atoms with Gasteiger partial charge in [0.1, 0.15) is 30.5 Å². The normalized spacial score (nSPS) is 37.1. The quantitative estimate of drug-likeness (QED) is 0.547. The van der Waals surface area contributed by atoms with Gasteiger partial charge >= 0.3 is 0 Å². The van der Waals surface area contributed by atoms with Crippen molar-refractivity contribution in [3.8, 4) is 0 Å². The van der Waals surface area contributed by atoms with Crippen molar-refractivity contribution in [3.05, 3.63) is 0 Å². The third kappa shape index (κ3) is 2.10. The van der Waals surface area contributed by atoms with Gasteiger partial charge in [-0.3, -0.25) is 0 Å². The van der Waals surface area contributed by atoms with Crippen molar-refractivity contribution in [1.82, 2.24) is 0 Å². The Balaban J connectivity index is 2.29. The minimum atomic E-state index is -0.857. The van der Waals surface area contributed by atoms with Crippen LogP contribution in [0.15, 0.2) is 0 Å². The number of hydrogen-bond donors (Lipinski definition) is 2. The van der Waals surface area contributed by atoms with E-state index in [1.165, 1.54) is 0 Å². The first-order chi connectivity index (χ1) is 5.25. The van der Waals surface area contributed by atoms with Gasteiger partial charge in [0.2, 0.25) is 0 Å². The van der Waals surface area contributed by atoms with E-state index in [1.807, 2.05) is 0 Å². The summed E-state index contributed by atoms with van der Waals surface area (Å²) in [6.45, 7) is 0.356. The van der Waals surface area contributed by atoms with Crippen molar-refractivity contribution in [1.29, 1.82) is 0 Å². The second-order valence-electron chi connectivity index (χ2n) is 2.36. The first-order valence-corrected chi connectivity index (χ1v) is 3.76. The summed E-state index contributed by atoms with van der Waals surface area (Å²) in [5, 5.41) is 18.2. The number of ether oxygens (including phenoxy) is 2. The van der Waals surface area contributed by atoms with E-state index < -0.39 is 18.3 Å². The molecule has 0 aliphatic carbocycles. The number of rotatable bonds is 3. The molecule has 3 atom stereocenters. The van der Waals surface area contributed by atoms with E-state index in [0.29, 0.717) is 0 Å². The van der Waals surface area contributed by atoms with E-state index in [0.717, 1.165) is 5.55 Å². The van der Waals surface area contributed by atoms with Crippen LogP contribution in [0.1, 0.15) is 0 Å². The summed E-state index contributed by atoms with van der Waals surface area (Å²) >= 11 is 4.41. The fraction of sp³-hybridized carbons (Fsp3) is 0.833. The lowest BCUT2D eigenvalue weighted by atomic mass is 10.2. The van der Waals surface area contributed by atoms with Crippen LogP contribution in [0.5, 0.6) is 0 Å². The molecule has 0 amide bonds. The predicted molar refractivity (Wildman–Crippen MR) is 41.4 cm³/mol. The topological polar surface area (TPSA) is 58.9 Å². The smallest absolute Gasteiger partial charge is 0.146 e. The number of thiocarbonyl (C=S) groups is 1. The van der Waals surface area contributed by atoms with Crippen LogP contribution in [0.4, 0.5) is 0 Å². The lowest BCUT2D eigenvalue weighted by molar-refractivity contribution is -0.000687. The maximum absolute atomic E-state index is 9.18.